The van der Waals surface area contributed by atoms with Crippen molar-refractivity contribution in [2.45, 2.75) is 26.2 Å². The molecule has 1 saturated heterocycles. The highest BCUT2D eigenvalue weighted by Crippen LogP contribution is 2.11. The summed E-state index contributed by atoms with van der Waals surface area (Å²) >= 11 is 0. The van der Waals surface area contributed by atoms with E-state index in [1.54, 1.807) is 6.33 Å². The van der Waals surface area contributed by atoms with Crippen LogP contribution in [0.4, 0.5) is 5.82 Å². The number of unbranched alkanes of at least 4 members (excludes halogenated alkanes) is 1. The van der Waals surface area contributed by atoms with Crippen molar-refractivity contribution in [1.82, 2.24) is 14.9 Å². The molecule has 0 unspecified atom stereocenters. The molecular weight excluding hydrogens is 268 g/mol. The predicted molar refractivity (Wildman–Crippen MR) is 82.8 cm³/mol. The second-order valence-corrected chi connectivity index (χ2v) is 5.18. The van der Waals surface area contributed by atoms with E-state index in [0.29, 0.717) is 12.5 Å². The maximum Gasteiger partial charge on any atom is 0.218 e. The van der Waals surface area contributed by atoms with Crippen LogP contribution in [0.15, 0.2) is 12.4 Å². The third-order valence-electron chi connectivity index (χ3n) is 3.45. The Balaban J connectivity index is 1.64. The van der Waals surface area contributed by atoms with Gasteiger partial charge in [0.05, 0.1) is 19.8 Å². The largest absolute Gasteiger partial charge is 0.478 e. The summed E-state index contributed by atoms with van der Waals surface area (Å²) in [5.74, 6) is 1.48. The average Bonchev–Trinajstić information content (AvgIpc) is 2.53. The Morgan fingerprint density at radius 1 is 1.29 bits per heavy atom. The maximum atomic E-state index is 5.58. The fraction of sp³-hybridized carbons (Fsp3) is 0.733. The Morgan fingerprint density at radius 2 is 2.14 bits per heavy atom. The van der Waals surface area contributed by atoms with Gasteiger partial charge in [0, 0.05) is 25.7 Å². The molecule has 0 saturated carbocycles. The van der Waals surface area contributed by atoms with Gasteiger partial charge in [-0.15, -0.1) is 0 Å². The molecule has 0 bridgehead atoms. The summed E-state index contributed by atoms with van der Waals surface area (Å²) in [6.45, 7) is 8.67. The van der Waals surface area contributed by atoms with Crippen molar-refractivity contribution >= 4 is 5.82 Å². The van der Waals surface area contributed by atoms with Gasteiger partial charge < -0.3 is 14.8 Å². The second-order valence-electron chi connectivity index (χ2n) is 5.18. The minimum atomic E-state index is 0.647. The Bertz CT molecular complexity index is 397. The normalized spacial score (nSPS) is 15.9. The Hall–Kier alpha value is -1.40. The number of hydrogen-bond acceptors (Lipinski definition) is 6. The van der Waals surface area contributed by atoms with Gasteiger partial charge in [-0.1, -0.05) is 13.3 Å². The summed E-state index contributed by atoms with van der Waals surface area (Å²) in [6, 6.07) is 1.87. The average molecular weight is 294 g/mol. The summed E-state index contributed by atoms with van der Waals surface area (Å²) < 4.78 is 10.9. The Morgan fingerprint density at radius 3 is 2.95 bits per heavy atom. The number of nitrogens with zero attached hydrogens (tertiary/aromatic N) is 3. The van der Waals surface area contributed by atoms with Crippen molar-refractivity contribution in [3.63, 3.8) is 0 Å². The van der Waals surface area contributed by atoms with E-state index in [0.717, 1.165) is 64.5 Å². The first-order valence-electron chi connectivity index (χ1n) is 7.87. The monoisotopic (exact) mass is 294 g/mol. The molecule has 0 spiro atoms. The Kier molecular flexibility index (Phi) is 7.24. The molecule has 1 aromatic rings. The van der Waals surface area contributed by atoms with Crippen molar-refractivity contribution in [1.29, 1.82) is 0 Å². The van der Waals surface area contributed by atoms with E-state index in [4.69, 9.17) is 9.47 Å². The topological polar surface area (TPSA) is 59.5 Å². The van der Waals surface area contributed by atoms with E-state index in [1.807, 2.05) is 6.07 Å². The van der Waals surface area contributed by atoms with Crippen LogP contribution in [0.25, 0.3) is 0 Å². The van der Waals surface area contributed by atoms with Crippen molar-refractivity contribution in [2.75, 3.05) is 51.3 Å². The molecule has 1 aromatic heterocycles. The standard InChI is InChI=1S/C15H26N4O2/c1-2-3-9-21-15-12-14(17-13-18-15)16-5-4-6-19-7-10-20-11-8-19/h12-13H,2-11H2,1H3,(H,16,17,18). The fourth-order valence-electron chi connectivity index (χ4n) is 2.18. The highest BCUT2D eigenvalue weighted by Gasteiger charge is 2.09. The van der Waals surface area contributed by atoms with Crippen molar-refractivity contribution in [3.8, 4) is 5.88 Å². The number of hydrogen-bond donors (Lipinski definition) is 1. The van der Waals surface area contributed by atoms with Gasteiger partial charge in [0.1, 0.15) is 12.1 Å². The molecule has 0 radical (unpaired) electrons. The molecule has 1 N–H and O–H groups in total. The SMILES string of the molecule is CCCCOc1cc(NCCCN2CCOCC2)ncn1. The lowest BCUT2D eigenvalue weighted by Crippen LogP contribution is -2.37. The van der Waals surface area contributed by atoms with E-state index in [1.165, 1.54) is 0 Å². The van der Waals surface area contributed by atoms with Crippen LogP contribution in [0.2, 0.25) is 0 Å². The smallest absolute Gasteiger partial charge is 0.218 e. The number of nitrogens with one attached hydrogen (secondary N) is 1. The highest BCUT2D eigenvalue weighted by atomic mass is 16.5. The van der Waals surface area contributed by atoms with Crippen LogP contribution in [0.1, 0.15) is 26.2 Å². The third-order valence-corrected chi connectivity index (χ3v) is 3.45. The summed E-state index contributed by atoms with van der Waals surface area (Å²) in [5.41, 5.74) is 0. The van der Waals surface area contributed by atoms with Gasteiger partial charge >= 0.3 is 0 Å². The van der Waals surface area contributed by atoms with Crippen LogP contribution in [0, 0.1) is 0 Å². The molecule has 2 heterocycles. The molecule has 6 heteroatoms. The van der Waals surface area contributed by atoms with E-state index >= 15 is 0 Å². The third kappa shape index (κ3) is 6.27. The molecule has 0 amide bonds. The van der Waals surface area contributed by atoms with E-state index in [9.17, 15) is 0 Å². The first kappa shape index (κ1) is 16.0. The highest BCUT2D eigenvalue weighted by molar-refractivity contribution is 5.36. The van der Waals surface area contributed by atoms with Gasteiger partial charge in [0.15, 0.2) is 0 Å². The molecule has 2 rings (SSSR count). The van der Waals surface area contributed by atoms with Gasteiger partial charge in [-0.3, -0.25) is 4.90 Å². The Labute approximate surface area is 126 Å². The molecule has 1 fully saturated rings. The zero-order valence-electron chi connectivity index (χ0n) is 12.9. The number of aromatic nitrogens is 2. The first-order valence-corrected chi connectivity index (χ1v) is 7.87. The van der Waals surface area contributed by atoms with Crippen LogP contribution < -0.4 is 10.1 Å². The molecular formula is C15H26N4O2. The van der Waals surface area contributed by atoms with Crippen LogP contribution in [0.3, 0.4) is 0 Å². The van der Waals surface area contributed by atoms with E-state index in [-0.39, 0.29) is 0 Å². The number of rotatable bonds is 9. The molecule has 21 heavy (non-hydrogen) atoms. The molecule has 118 valence electrons. The zero-order chi connectivity index (χ0) is 14.8. The van der Waals surface area contributed by atoms with Gasteiger partial charge in [0.2, 0.25) is 5.88 Å². The summed E-state index contributed by atoms with van der Waals surface area (Å²) in [5, 5.41) is 3.33. The summed E-state index contributed by atoms with van der Waals surface area (Å²) in [6.07, 6.45) is 4.81. The lowest BCUT2D eigenvalue weighted by Gasteiger charge is -2.26. The quantitative estimate of drug-likeness (QED) is 0.701. The van der Waals surface area contributed by atoms with Crippen LogP contribution in [0.5, 0.6) is 5.88 Å². The van der Waals surface area contributed by atoms with Gasteiger partial charge in [0.25, 0.3) is 0 Å². The molecule has 0 aromatic carbocycles. The molecule has 1 aliphatic heterocycles. The van der Waals surface area contributed by atoms with Crippen molar-refractivity contribution in [3.05, 3.63) is 12.4 Å². The van der Waals surface area contributed by atoms with Crippen LogP contribution >= 0.6 is 0 Å². The number of ether oxygens (including phenoxy) is 2. The van der Waals surface area contributed by atoms with Crippen LogP contribution in [-0.2, 0) is 4.74 Å². The zero-order valence-corrected chi connectivity index (χ0v) is 12.9. The molecule has 1 aliphatic rings. The maximum absolute atomic E-state index is 5.58. The molecule has 0 atom stereocenters. The summed E-state index contributed by atoms with van der Waals surface area (Å²) in [7, 11) is 0. The van der Waals surface area contributed by atoms with Gasteiger partial charge in [-0.05, 0) is 19.4 Å². The number of anilines is 1. The lowest BCUT2D eigenvalue weighted by atomic mass is 10.3. The minimum absolute atomic E-state index is 0.647. The minimum Gasteiger partial charge on any atom is -0.478 e. The van der Waals surface area contributed by atoms with Crippen molar-refractivity contribution < 1.29 is 9.47 Å². The van der Waals surface area contributed by atoms with Crippen molar-refractivity contribution in [2.24, 2.45) is 0 Å². The van der Waals surface area contributed by atoms with E-state index < -0.39 is 0 Å². The first-order chi connectivity index (χ1) is 10.4. The summed E-state index contributed by atoms with van der Waals surface area (Å²) in [4.78, 5) is 10.8. The lowest BCUT2D eigenvalue weighted by molar-refractivity contribution is 0.0378. The van der Waals surface area contributed by atoms with Gasteiger partial charge in [-0.25, -0.2) is 9.97 Å². The second kappa shape index (κ2) is 9.52. The van der Waals surface area contributed by atoms with E-state index in [2.05, 4.69) is 27.1 Å². The molecule has 6 nitrogen and oxygen atoms in total. The van der Waals surface area contributed by atoms with Gasteiger partial charge in [-0.2, -0.15) is 0 Å². The fourth-order valence-corrected chi connectivity index (χ4v) is 2.18. The van der Waals surface area contributed by atoms with Crippen LogP contribution in [-0.4, -0.2) is 60.9 Å². The predicted octanol–water partition coefficient (Wildman–Crippen LogP) is 1.79. The number of morpholine rings is 1. The molecule has 0 aliphatic carbocycles.